The summed E-state index contributed by atoms with van der Waals surface area (Å²) in [6.45, 7) is 0.705. The molecule has 2 amide bonds. The number of para-hydroxylation sites is 1. The molecular weight excluding hydrogens is 452 g/mol. The molecule has 0 radical (unpaired) electrons. The van der Waals surface area contributed by atoms with Crippen molar-refractivity contribution in [3.63, 3.8) is 0 Å². The van der Waals surface area contributed by atoms with Crippen molar-refractivity contribution < 1.29 is 18.0 Å². The summed E-state index contributed by atoms with van der Waals surface area (Å²) in [5, 5.41) is 5.83. The molecule has 3 aliphatic rings. The molecule has 0 atom stereocenters. The van der Waals surface area contributed by atoms with E-state index in [9.17, 15) is 18.0 Å². The summed E-state index contributed by atoms with van der Waals surface area (Å²) < 4.78 is 29.8. The summed E-state index contributed by atoms with van der Waals surface area (Å²) >= 11 is 0. The number of carbonyl (C=O) groups is 2. The minimum Gasteiger partial charge on any atom is -0.349 e. The van der Waals surface area contributed by atoms with E-state index in [0.717, 1.165) is 44.9 Å². The molecular formula is C25H28N4O4S. The Kier molecular flexibility index (Phi) is 6.12. The molecule has 1 aliphatic carbocycles. The lowest BCUT2D eigenvalue weighted by Crippen LogP contribution is -2.35. The standard InChI is InChI=1S/C25H28N4O4S/c30-24(27-20-11-6-5-10-19(20)25(31)26-18-8-3-4-9-18)17-13-14-21-22(16-17)34(32,33)28-23-12-2-1-7-15-29(21)23/h5-6,10-11,13-14,16,18H,1-4,7-9,12,15H2,(H,26,31)(H,27,30). The van der Waals surface area contributed by atoms with Crippen molar-refractivity contribution in [2.45, 2.75) is 62.3 Å². The Morgan fingerprint density at radius 3 is 2.56 bits per heavy atom. The Bertz CT molecular complexity index is 1270. The van der Waals surface area contributed by atoms with Gasteiger partial charge in [0.05, 0.1) is 16.9 Å². The van der Waals surface area contributed by atoms with E-state index in [-0.39, 0.29) is 22.4 Å². The molecule has 1 saturated heterocycles. The number of fused-ring (bicyclic) bond motifs is 3. The number of anilines is 2. The number of nitrogens with zero attached hydrogens (tertiary/aromatic N) is 2. The monoisotopic (exact) mass is 480 g/mol. The van der Waals surface area contributed by atoms with Crippen molar-refractivity contribution in [1.82, 2.24) is 5.32 Å². The second-order valence-corrected chi connectivity index (χ2v) is 10.7. The third-order valence-corrected chi connectivity index (χ3v) is 8.05. The summed E-state index contributed by atoms with van der Waals surface area (Å²) in [5.41, 5.74) is 1.53. The second-order valence-electron chi connectivity index (χ2n) is 9.08. The second kappa shape index (κ2) is 9.21. The van der Waals surface area contributed by atoms with Gasteiger partial charge in [0.2, 0.25) is 0 Å². The number of hydrogen-bond donors (Lipinski definition) is 2. The Hall–Kier alpha value is -3.20. The Morgan fingerprint density at radius 1 is 0.941 bits per heavy atom. The van der Waals surface area contributed by atoms with Gasteiger partial charge in [0.1, 0.15) is 10.7 Å². The fourth-order valence-electron chi connectivity index (χ4n) is 4.94. The molecule has 9 heteroatoms. The molecule has 2 aliphatic heterocycles. The maximum Gasteiger partial charge on any atom is 0.286 e. The van der Waals surface area contributed by atoms with Gasteiger partial charge in [-0.2, -0.15) is 8.42 Å². The first-order valence-corrected chi connectivity index (χ1v) is 13.3. The molecule has 34 heavy (non-hydrogen) atoms. The lowest BCUT2D eigenvalue weighted by Gasteiger charge is -2.29. The van der Waals surface area contributed by atoms with E-state index in [2.05, 4.69) is 15.0 Å². The molecule has 0 bridgehead atoms. The number of carbonyl (C=O) groups excluding carboxylic acids is 2. The molecule has 2 N–H and O–H groups in total. The van der Waals surface area contributed by atoms with Crippen molar-refractivity contribution >= 4 is 39.0 Å². The van der Waals surface area contributed by atoms with E-state index >= 15 is 0 Å². The van der Waals surface area contributed by atoms with Gasteiger partial charge >= 0.3 is 0 Å². The number of rotatable bonds is 4. The van der Waals surface area contributed by atoms with E-state index in [1.54, 1.807) is 36.4 Å². The maximum absolute atomic E-state index is 13.1. The van der Waals surface area contributed by atoms with Crippen LogP contribution in [-0.4, -0.2) is 38.7 Å². The zero-order valence-corrected chi connectivity index (χ0v) is 19.7. The van der Waals surface area contributed by atoms with Gasteiger partial charge in [-0.05, 0) is 56.0 Å². The summed E-state index contributed by atoms with van der Waals surface area (Å²) in [7, 11) is -3.89. The molecule has 1 saturated carbocycles. The Morgan fingerprint density at radius 2 is 1.74 bits per heavy atom. The van der Waals surface area contributed by atoms with Crippen LogP contribution in [0.15, 0.2) is 51.8 Å². The van der Waals surface area contributed by atoms with Crippen molar-refractivity contribution in [2.75, 3.05) is 16.8 Å². The van der Waals surface area contributed by atoms with E-state index < -0.39 is 15.9 Å². The topological polar surface area (TPSA) is 108 Å². The van der Waals surface area contributed by atoms with Crippen molar-refractivity contribution in [3.8, 4) is 0 Å². The SMILES string of the molecule is O=C(Nc1ccccc1C(=O)NC1CCCC1)c1ccc2c(c1)S(=O)(=O)N=C1CCCCCN12. The van der Waals surface area contributed by atoms with Gasteiger partial charge < -0.3 is 15.5 Å². The highest BCUT2D eigenvalue weighted by atomic mass is 32.2. The highest BCUT2D eigenvalue weighted by Gasteiger charge is 2.32. The number of sulfonamides is 1. The van der Waals surface area contributed by atoms with E-state index in [0.29, 0.717) is 35.7 Å². The van der Waals surface area contributed by atoms with Crippen LogP contribution in [0, 0.1) is 0 Å². The number of amidine groups is 1. The van der Waals surface area contributed by atoms with E-state index in [4.69, 9.17) is 0 Å². The van der Waals surface area contributed by atoms with Crippen molar-refractivity contribution in [3.05, 3.63) is 53.6 Å². The van der Waals surface area contributed by atoms with E-state index in [1.165, 1.54) is 6.07 Å². The first kappa shape index (κ1) is 22.6. The van der Waals surface area contributed by atoms with Gasteiger partial charge in [-0.15, -0.1) is 4.40 Å². The fraction of sp³-hybridized carbons (Fsp3) is 0.400. The predicted molar refractivity (Wildman–Crippen MR) is 131 cm³/mol. The largest absolute Gasteiger partial charge is 0.349 e. The number of hydrogen-bond acceptors (Lipinski definition) is 5. The molecule has 2 aromatic carbocycles. The van der Waals surface area contributed by atoms with Gasteiger partial charge in [0.25, 0.3) is 21.8 Å². The number of amides is 2. The molecule has 2 fully saturated rings. The summed E-state index contributed by atoms with van der Waals surface area (Å²) in [5.74, 6) is -0.131. The molecule has 5 rings (SSSR count). The third kappa shape index (κ3) is 4.44. The summed E-state index contributed by atoms with van der Waals surface area (Å²) in [6, 6.07) is 11.7. The van der Waals surface area contributed by atoms with Crippen LogP contribution in [-0.2, 0) is 10.0 Å². The molecule has 0 unspecified atom stereocenters. The maximum atomic E-state index is 13.1. The van der Waals surface area contributed by atoms with Crippen LogP contribution < -0.4 is 15.5 Å². The molecule has 2 heterocycles. The zero-order chi connectivity index (χ0) is 23.7. The van der Waals surface area contributed by atoms with E-state index in [1.807, 2.05) is 4.90 Å². The van der Waals surface area contributed by atoms with Crippen LogP contribution in [0.4, 0.5) is 11.4 Å². The third-order valence-electron chi connectivity index (χ3n) is 6.72. The van der Waals surface area contributed by atoms with Crippen LogP contribution in [0.3, 0.4) is 0 Å². The molecule has 2 aromatic rings. The fourth-order valence-corrected chi connectivity index (χ4v) is 6.22. The van der Waals surface area contributed by atoms with Crippen LogP contribution in [0.25, 0.3) is 0 Å². The lowest BCUT2D eigenvalue weighted by molar-refractivity contribution is 0.0938. The minimum atomic E-state index is -3.89. The van der Waals surface area contributed by atoms with Crippen LogP contribution >= 0.6 is 0 Å². The lowest BCUT2D eigenvalue weighted by atomic mass is 10.1. The van der Waals surface area contributed by atoms with Gasteiger partial charge in [-0.25, -0.2) is 0 Å². The first-order valence-electron chi connectivity index (χ1n) is 11.9. The quantitative estimate of drug-likeness (QED) is 0.685. The average molecular weight is 481 g/mol. The smallest absolute Gasteiger partial charge is 0.286 e. The zero-order valence-electron chi connectivity index (χ0n) is 18.9. The summed E-state index contributed by atoms with van der Waals surface area (Å²) in [6.07, 6.45) is 7.66. The van der Waals surface area contributed by atoms with Crippen molar-refractivity contribution in [2.24, 2.45) is 4.40 Å². The predicted octanol–water partition coefficient (Wildman–Crippen LogP) is 4.09. The first-order chi connectivity index (χ1) is 16.4. The van der Waals surface area contributed by atoms with Gasteiger partial charge in [-0.3, -0.25) is 9.59 Å². The number of nitrogens with one attached hydrogen (secondary N) is 2. The average Bonchev–Trinajstić information content (AvgIpc) is 3.22. The normalized spacial score (nSPS) is 19.4. The highest BCUT2D eigenvalue weighted by Crippen LogP contribution is 2.35. The molecule has 178 valence electrons. The minimum absolute atomic E-state index is 0.0399. The highest BCUT2D eigenvalue weighted by molar-refractivity contribution is 7.90. The van der Waals surface area contributed by atoms with Gasteiger partial charge in [0, 0.05) is 24.6 Å². The van der Waals surface area contributed by atoms with Crippen molar-refractivity contribution in [1.29, 1.82) is 0 Å². The summed E-state index contributed by atoms with van der Waals surface area (Å²) in [4.78, 5) is 27.9. The number of benzene rings is 2. The van der Waals surface area contributed by atoms with Crippen LogP contribution in [0.1, 0.15) is 72.1 Å². The Labute approximate surface area is 199 Å². The van der Waals surface area contributed by atoms with Crippen LogP contribution in [0.5, 0.6) is 0 Å². The molecule has 0 aromatic heterocycles. The molecule has 0 spiro atoms. The van der Waals surface area contributed by atoms with Gasteiger partial charge in [0.15, 0.2) is 0 Å². The van der Waals surface area contributed by atoms with Gasteiger partial charge in [-0.1, -0.05) is 31.4 Å². The Balaban J connectivity index is 1.40. The molecule has 8 nitrogen and oxygen atoms in total. The van der Waals surface area contributed by atoms with Crippen LogP contribution in [0.2, 0.25) is 0 Å².